The summed E-state index contributed by atoms with van der Waals surface area (Å²) >= 11 is 0. The predicted molar refractivity (Wildman–Crippen MR) is 97.8 cm³/mol. The first kappa shape index (κ1) is 19.3. The van der Waals surface area contributed by atoms with Gasteiger partial charge in [-0.05, 0) is 34.0 Å². The third kappa shape index (κ3) is 6.10. The van der Waals surface area contributed by atoms with Crippen LogP contribution in [0.3, 0.4) is 0 Å². The van der Waals surface area contributed by atoms with Crippen molar-refractivity contribution < 1.29 is 9.53 Å². The molecule has 2 heterocycles. The maximum Gasteiger partial charge on any atom is 0.274 e. The Morgan fingerprint density at radius 1 is 1.36 bits per heavy atom. The molecule has 1 aliphatic heterocycles. The average molecular weight is 347 g/mol. The fraction of sp³-hybridized carbons (Fsp3) is 0.611. The van der Waals surface area contributed by atoms with Crippen molar-refractivity contribution in [1.29, 1.82) is 0 Å². The van der Waals surface area contributed by atoms with E-state index in [-0.39, 0.29) is 12.0 Å². The number of likely N-dealkylation sites (N-methyl/N-ethyl adjacent to an activating group) is 2. The van der Waals surface area contributed by atoms with Gasteiger partial charge < -0.3 is 19.4 Å². The molecule has 1 aliphatic rings. The summed E-state index contributed by atoms with van der Waals surface area (Å²) in [6.07, 6.45) is 6.66. The van der Waals surface area contributed by atoms with Crippen LogP contribution in [0.1, 0.15) is 23.3 Å². The van der Waals surface area contributed by atoms with Crippen molar-refractivity contribution in [2.75, 3.05) is 53.9 Å². The molecule has 1 atom stereocenters. The molecule has 0 bridgehead atoms. The molecule has 2 rings (SSSR count). The summed E-state index contributed by atoms with van der Waals surface area (Å²) in [7, 11) is 6.07. The molecule has 25 heavy (non-hydrogen) atoms. The second-order valence-corrected chi connectivity index (χ2v) is 6.71. The monoisotopic (exact) mass is 347 g/mol. The van der Waals surface area contributed by atoms with Crippen LogP contribution in [0, 0.1) is 0 Å². The fourth-order valence-electron chi connectivity index (χ4n) is 2.75. The zero-order valence-corrected chi connectivity index (χ0v) is 15.5. The molecule has 1 aromatic rings. The Morgan fingerprint density at radius 3 is 2.72 bits per heavy atom. The first-order valence-corrected chi connectivity index (χ1v) is 8.71. The summed E-state index contributed by atoms with van der Waals surface area (Å²) in [5.41, 5.74) is 0.342. The highest BCUT2D eigenvalue weighted by Gasteiger charge is 2.22. The van der Waals surface area contributed by atoms with Crippen molar-refractivity contribution >= 4 is 5.91 Å². The van der Waals surface area contributed by atoms with Crippen molar-refractivity contribution in [2.45, 2.75) is 18.9 Å². The van der Waals surface area contributed by atoms with E-state index in [9.17, 15) is 4.79 Å². The van der Waals surface area contributed by atoms with E-state index >= 15 is 0 Å². The number of amides is 1. The molecule has 1 aromatic heterocycles. The summed E-state index contributed by atoms with van der Waals surface area (Å²) in [6, 6.07) is 0. The summed E-state index contributed by atoms with van der Waals surface area (Å²) < 4.78 is 5.98. The first-order chi connectivity index (χ1) is 12.0. The van der Waals surface area contributed by atoms with Crippen LogP contribution < -0.4 is 4.74 Å². The molecular weight excluding hydrogens is 318 g/mol. The molecule has 1 saturated heterocycles. The van der Waals surface area contributed by atoms with Crippen LogP contribution >= 0.6 is 0 Å². The number of piperazine rings is 1. The van der Waals surface area contributed by atoms with Crippen molar-refractivity contribution in [3.63, 3.8) is 0 Å². The van der Waals surface area contributed by atoms with E-state index in [1.807, 2.05) is 25.1 Å². The largest absolute Gasteiger partial charge is 0.472 e. The minimum Gasteiger partial charge on any atom is -0.472 e. The maximum atomic E-state index is 12.6. The van der Waals surface area contributed by atoms with Gasteiger partial charge >= 0.3 is 0 Å². The second-order valence-electron chi connectivity index (χ2n) is 6.71. The lowest BCUT2D eigenvalue weighted by atomic mass is 10.2. The van der Waals surface area contributed by atoms with Gasteiger partial charge in [0.15, 0.2) is 5.69 Å². The van der Waals surface area contributed by atoms with Gasteiger partial charge in [-0.15, -0.1) is 6.58 Å². The summed E-state index contributed by atoms with van der Waals surface area (Å²) in [4.78, 5) is 27.3. The minimum atomic E-state index is -0.0821. The van der Waals surface area contributed by atoms with Crippen molar-refractivity contribution in [2.24, 2.45) is 0 Å². The van der Waals surface area contributed by atoms with Gasteiger partial charge in [-0.3, -0.25) is 9.78 Å². The number of carbonyl (C=O) groups excluding carboxylic acids is 1. The Kier molecular flexibility index (Phi) is 7.33. The highest BCUT2D eigenvalue weighted by molar-refractivity contribution is 5.92. The van der Waals surface area contributed by atoms with Gasteiger partial charge in [0.25, 0.3) is 5.91 Å². The number of hydrogen-bond acceptors (Lipinski definition) is 6. The molecule has 1 amide bonds. The molecule has 0 radical (unpaired) electrons. The number of aromatic nitrogens is 2. The van der Waals surface area contributed by atoms with Crippen LogP contribution in [0.25, 0.3) is 0 Å². The highest BCUT2D eigenvalue weighted by atomic mass is 16.5. The summed E-state index contributed by atoms with van der Waals surface area (Å²) in [5, 5.41) is 0. The van der Waals surface area contributed by atoms with Crippen LogP contribution in [0.5, 0.6) is 5.88 Å². The Labute approximate surface area is 150 Å². The van der Waals surface area contributed by atoms with Crippen LogP contribution in [0.15, 0.2) is 25.0 Å². The number of carbonyl (C=O) groups is 1. The predicted octanol–water partition coefficient (Wildman–Crippen LogP) is 1.14. The number of rotatable bonds is 8. The minimum absolute atomic E-state index is 0.0173. The molecule has 7 nitrogen and oxygen atoms in total. The van der Waals surface area contributed by atoms with Gasteiger partial charge in [-0.25, -0.2) is 4.98 Å². The van der Waals surface area contributed by atoms with Crippen molar-refractivity contribution in [3.8, 4) is 5.88 Å². The molecular formula is C18H29N5O2. The molecule has 0 unspecified atom stereocenters. The molecule has 0 saturated carbocycles. The van der Waals surface area contributed by atoms with Gasteiger partial charge in [0.1, 0.15) is 6.10 Å². The fourth-order valence-corrected chi connectivity index (χ4v) is 2.75. The van der Waals surface area contributed by atoms with Gasteiger partial charge in [0, 0.05) is 32.7 Å². The van der Waals surface area contributed by atoms with Crippen molar-refractivity contribution in [1.82, 2.24) is 24.7 Å². The Balaban J connectivity index is 2.03. The smallest absolute Gasteiger partial charge is 0.274 e. The van der Waals surface area contributed by atoms with E-state index in [4.69, 9.17) is 4.74 Å². The average Bonchev–Trinajstić information content (AvgIpc) is 2.59. The van der Waals surface area contributed by atoms with Gasteiger partial charge in [0.2, 0.25) is 5.88 Å². The molecule has 0 aromatic carbocycles. The van der Waals surface area contributed by atoms with Crippen molar-refractivity contribution in [3.05, 3.63) is 30.7 Å². The highest BCUT2D eigenvalue weighted by Crippen LogP contribution is 2.13. The molecule has 7 heteroatoms. The van der Waals surface area contributed by atoms with E-state index in [0.717, 1.165) is 32.5 Å². The van der Waals surface area contributed by atoms with Crippen LogP contribution in [0.2, 0.25) is 0 Å². The number of ether oxygens (including phenoxy) is 1. The number of hydrogen-bond donors (Lipinski definition) is 0. The van der Waals surface area contributed by atoms with E-state index in [2.05, 4.69) is 33.4 Å². The Morgan fingerprint density at radius 2 is 2.08 bits per heavy atom. The van der Waals surface area contributed by atoms with E-state index < -0.39 is 0 Å². The van der Waals surface area contributed by atoms with Crippen LogP contribution in [-0.2, 0) is 0 Å². The summed E-state index contributed by atoms with van der Waals surface area (Å²) in [5.74, 6) is 0.317. The quantitative estimate of drug-likeness (QED) is 0.657. The lowest BCUT2D eigenvalue weighted by Crippen LogP contribution is -2.47. The van der Waals surface area contributed by atoms with Crippen LogP contribution in [-0.4, -0.2) is 90.5 Å². The number of nitrogens with zero attached hydrogens (tertiary/aromatic N) is 5. The van der Waals surface area contributed by atoms with Crippen LogP contribution in [0.4, 0.5) is 0 Å². The van der Waals surface area contributed by atoms with E-state index in [0.29, 0.717) is 24.7 Å². The lowest BCUT2D eigenvalue weighted by molar-refractivity contribution is 0.0654. The number of allylic oxidation sites excluding steroid dienone is 1. The zero-order chi connectivity index (χ0) is 18.2. The van der Waals surface area contributed by atoms with Gasteiger partial charge in [-0.1, -0.05) is 6.08 Å². The first-order valence-electron chi connectivity index (χ1n) is 8.71. The summed E-state index contributed by atoms with van der Waals surface area (Å²) in [6.45, 7) is 7.71. The molecule has 0 spiro atoms. The SMILES string of the molecule is C=CCC[C@H](CN(C)C)Oc1cncc(C(=O)N2CCN(C)CC2)n1. The molecule has 0 N–H and O–H groups in total. The van der Waals surface area contributed by atoms with Gasteiger partial charge in [0.05, 0.1) is 12.4 Å². The normalized spacial score (nSPS) is 16.7. The van der Waals surface area contributed by atoms with E-state index in [1.54, 1.807) is 6.20 Å². The molecule has 138 valence electrons. The third-order valence-electron chi connectivity index (χ3n) is 4.17. The lowest BCUT2D eigenvalue weighted by Gasteiger charge is -2.32. The second kappa shape index (κ2) is 9.48. The topological polar surface area (TPSA) is 61.8 Å². The van der Waals surface area contributed by atoms with E-state index in [1.165, 1.54) is 6.20 Å². The zero-order valence-electron chi connectivity index (χ0n) is 15.5. The Bertz CT molecular complexity index is 570. The van der Waals surface area contributed by atoms with Gasteiger partial charge in [-0.2, -0.15) is 0 Å². The standard InChI is InChI=1S/C18H29N5O2/c1-5-6-7-15(14-21(2)3)25-17-13-19-12-16(20-17)18(24)23-10-8-22(4)9-11-23/h5,12-13,15H,1,6-11,14H2,2-4H3/t15-/m1/s1. The molecule has 0 aliphatic carbocycles. The molecule has 1 fully saturated rings. The maximum absolute atomic E-state index is 12.6. The Hall–Kier alpha value is -1.99. The third-order valence-corrected chi connectivity index (χ3v) is 4.17.